The zero-order chi connectivity index (χ0) is 30.4. The van der Waals surface area contributed by atoms with Crippen LogP contribution in [0.4, 0.5) is 4.79 Å². The number of nitrogens with zero attached hydrogens (tertiary/aromatic N) is 1. The number of rotatable bonds is 13. The van der Waals surface area contributed by atoms with Gasteiger partial charge in [-0.25, -0.2) is 9.69 Å². The molecule has 0 saturated carbocycles. The van der Waals surface area contributed by atoms with E-state index in [2.05, 4.69) is 0 Å². The van der Waals surface area contributed by atoms with E-state index in [-0.39, 0.29) is 31.3 Å². The monoisotopic (exact) mass is 575 g/mol. The summed E-state index contributed by atoms with van der Waals surface area (Å²) in [6.45, 7) is 10.1. The van der Waals surface area contributed by atoms with Gasteiger partial charge in [-0.1, -0.05) is 74.0 Å². The molecule has 224 valence electrons. The molecule has 0 aliphatic carbocycles. The summed E-state index contributed by atoms with van der Waals surface area (Å²) in [6.07, 6.45) is 0.495. The number of carbonyl (C=O) groups excluding carboxylic acids is 3. The predicted octanol–water partition coefficient (Wildman–Crippen LogP) is 6.02. The third-order valence-corrected chi connectivity index (χ3v) is 7.61. The Morgan fingerprint density at radius 1 is 1.05 bits per heavy atom. The van der Waals surface area contributed by atoms with Crippen molar-refractivity contribution in [3.8, 4) is 11.1 Å². The minimum absolute atomic E-state index is 0.0514. The molecular formula is C34H41NO7. The number of aliphatic hydroxyl groups is 1. The molecule has 1 aliphatic heterocycles. The fraction of sp³-hybridized carbons (Fsp3) is 0.441. The number of benzene rings is 2. The maximum Gasteiger partial charge on any atom is 0.417 e. The summed E-state index contributed by atoms with van der Waals surface area (Å²) >= 11 is 0. The van der Waals surface area contributed by atoms with Crippen LogP contribution in [0.2, 0.25) is 0 Å². The molecule has 2 aromatic carbocycles. The van der Waals surface area contributed by atoms with Crippen LogP contribution in [0.15, 0.2) is 65.1 Å². The van der Waals surface area contributed by atoms with Gasteiger partial charge in [0.1, 0.15) is 17.3 Å². The summed E-state index contributed by atoms with van der Waals surface area (Å²) in [7, 11) is 0. The number of Topliss-reactive ketones (excluding diaryl/α,β-unsaturated/α-hetero) is 1. The number of cyclic esters (lactones) is 1. The highest BCUT2D eigenvalue weighted by atomic mass is 16.6. The second-order valence-electron chi connectivity index (χ2n) is 11.7. The average molecular weight is 576 g/mol. The number of furan rings is 1. The third kappa shape index (κ3) is 6.99. The molecule has 1 N–H and O–H groups in total. The molecule has 2 heterocycles. The Labute approximate surface area is 247 Å². The van der Waals surface area contributed by atoms with Gasteiger partial charge in [0.15, 0.2) is 5.76 Å². The quantitative estimate of drug-likeness (QED) is 0.151. The van der Waals surface area contributed by atoms with Crippen molar-refractivity contribution < 1.29 is 33.4 Å². The summed E-state index contributed by atoms with van der Waals surface area (Å²) in [5.74, 6) is -1.67. The van der Waals surface area contributed by atoms with E-state index in [0.29, 0.717) is 25.2 Å². The highest BCUT2D eigenvalue weighted by Gasteiger charge is 2.54. The molecule has 0 unspecified atom stereocenters. The van der Waals surface area contributed by atoms with Gasteiger partial charge in [0, 0.05) is 18.6 Å². The Kier molecular flexibility index (Phi) is 10.0. The van der Waals surface area contributed by atoms with Gasteiger partial charge < -0.3 is 19.0 Å². The second kappa shape index (κ2) is 13.5. The van der Waals surface area contributed by atoms with Crippen molar-refractivity contribution in [3.05, 3.63) is 83.3 Å². The van der Waals surface area contributed by atoms with Gasteiger partial charge in [-0.05, 0) is 56.7 Å². The molecule has 4 rings (SSSR count). The average Bonchev–Trinajstić information content (AvgIpc) is 3.48. The smallest absolute Gasteiger partial charge is 0.417 e. The number of amides is 2. The van der Waals surface area contributed by atoms with Crippen LogP contribution in [0.25, 0.3) is 11.1 Å². The lowest BCUT2D eigenvalue weighted by Gasteiger charge is -2.32. The van der Waals surface area contributed by atoms with Crippen LogP contribution in [0.5, 0.6) is 0 Å². The zero-order valence-electron chi connectivity index (χ0n) is 25.1. The summed E-state index contributed by atoms with van der Waals surface area (Å²) < 4.78 is 17.2. The van der Waals surface area contributed by atoms with Gasteiger partial charge in [0.2, 0.25) is 11.7 Å². The van der Waals surface area contributed by atoms with Crippen molar-refractivity contribution in [2.75, 3.05) is 19.8 Å². The number of ketones is 1. The Morgan fingerprint density at radius 2 is 1.79 bits per heavy atom. The van der Waals surface area contributed by atoms with E-state index in [0.717, 1.165) is 27.2 Å². The van der Waals surface area contributed by atoms with Crippen LogP contribution in [-0.2, 0) is 27.1 Å². The van der Waals surface area contributed by atoms with E-state index in [1.54, 1.807) is 19.9 Å². The Bertz CT molecular complexity index is 1390. The Balaban J connectivity index is 1.72. The van der Waals surface area contributed by atoms with E-state index >= 15 is 0 Å². The summed E-state index contributed by atoms with van der Waals surface area (Å²) in [5.41, 5.74) is 2.64. The van der Waals surface area contributed by atoms with Crippen LogP contribution < -0.4 is 0 Å². The Hall–Kier alpha value is -3.75. The van der Waals surface area contributed by atoms with Crippen molar-refractivity contribution in [1.82, 2.24) is 4.90 Å². The molecule has 1 saturated heterocycles. The first-order valence-corrected chi connectivity index (χ1v) is 14.6. The molecular weight excluding hydrogens is 534 g/mol. The molecule has 0 radical (unpaired) electrons. The van der Waals surface area contributed by atoms with Crippen LogP contribution in [-0.4, -0.2) is 59.3 Å². The first kappa shape index (κ1) is 31.2. The van der Waals surface area contributed by atoms with Crippen molar-refractivity contribution in [2.45, 2.75) is 65.5 Å². The van der Waals surface area contributed by atoms with Gasteiger partial charge in [-0.2, -0.15) is 0 Å². The molecule has 2 atom stereocenters. The lowest BCUT2D eigenvalue weighted by Crippen LogP contribution is -2.51. The summed E-state index contributed by atoms with van der Waals surface area (Å²) in [5, 5.41) is 9.00. The lowest BCUT2D eigenvalue weighted by atomic mass is 9.86. The molecule has 0 bridgehead atoms. The predicted molar refractivity (Wildman–Crippen MR) is 159 cm³/mol. The van der Waals surface area contributed by atoms with Crippen LogP contribution in [0.3, 0.4) is 0 Å². The fourth-order valence-electron chi connectivity index (χ4n) is 5.86. The normalized spacial score (nSPS) is 17.0. The standard InChI is InChI=1S/C34H41NO7/c1-22(2)31-34(4,5)42-33(39)35(31)32(38)27(20-24-12-7-6-8-13-24)30(37)29-21-26(25-14-9-11-23(3)19-25)28(41-29)15-10-17-40-18-16-36/h6-9,11-14,19,21-22,27,31,36H,10,15-18,20H2,1-5H3/t27-,31+/m0/s1. The van der Waals surface area contributed by atoms with E-state index in [1.165, 1.54) is 0 Å². The van der Waals surface area contributed by atoms with E-state index in [4.69, 9.17) is 19.0 Å². The largest absolute Gasteiger partial charge is 0.457 e. The molecule has 1 aromatic heterocycles. The SMILES string of the molecule is Cc1cccc(-c2cc(C(=O)[C@H](Cc3ccccc3)C(=O)N3C(=O)OC(C)(C)[C@H]3C(C)C)oc2CCCOCCO)c1. The highest BCUT2D eigenvalue weighted by Crippen LogP contribution is 2.37. The number of aryl methyl sites for hydroxylation is 2. The lowest BCUT2D eigenvalue weighted by molar-refractivity contribution is -0.133. The molecule has 1 aliphatic rings. The fourth-order valence-corrected chi connectivity index (χ4v) is 5.86. The van der Waals surface area contributed by atoms with Crippen LogP contribution in [0, 0.1) is 18.8 Å². The van der Waals surface area contributed by atoms with Crippen molar-refractivity contribution in [2.24, 2.45) is 11.8 Å². The summed E-state index contributed by atoms with van der Waals surface area (Å²) in [6, 6.07) is 18.4. The first-order valence-electron chi connectivity index (χ1n) is 14.6. The minimum Gasteiger partial charge on any atom is -0.457 e. The highest BCUT2D eigenvalue weighted by molar-refractivity contribution is 6.12. The second-order valence-corrected chi connectivity index (χ2v) is 11.7. The number of imide groups is 1. The van der Waals surface area contributed by atoms with E-state index < -0.39 is 35.3 Å². The molecule has 3 aromatic rings. The number of hydrogen-bond donors (Lipinski definition) is 1. The molecule has 2 amide bonds. The molecule has 8 nitrogen and oxygen atoms in total. The molecule has 8 heteroatoms. The molecule has 1 fully saturated rings. The van der Waals surface area contributed by atoms with Gasteiger partial charge >= 0.3 is 6.09 Å². The number of ether oxygens (including phenoxy) is 2. The van der Waals surface area contributed by atoms with E-state index in [9.17, 15) is 14.4 Å². The number of aliphatic hydroxyl groups excluding tert-OH is 1. The van der Waals surface area contributed by atoms with Gasteiger partial charge in [-0.3, -0.25) is 9.59 Å². The van der Waals surface area contributed by atoms with Crippen LogP contribution in [0.1, 0.15) is 61.6 Å². The summed E-state index contributed by atoms with van der Waals surface area (Å²) in [4.78, 5) is 42.6. The van der Waals surface area contributed by atoms with Gasteiger partial charge in [-0.15, -0.1) is 0 Å². The minimum atomic E-state index is -1.19. The first-order chi connectivity index (χ1) is 20.0. The topological polar surface area (TPSA) is 106 Å². The maximum absolute atomic E-state index is 14.2. The molecule has 42 heavy (non-hydrogen) atoms. The maximum atomic E-state index is 14.2. The van der Waals surface area contributed by atoms with Crippen molar-refractivity contribution in [1.29, 1.82) is 0 Å². The molecule has 0 spiro atoms. The zero-order valence-corrected chi connectivity index (χ0v) is 25.1. The van der Waals surface area contributed by atoms with Crippen molar-refractivity contribution >= 4 is 17.8 Å². The number of carbonyl (C=O) groups is 3. The number of hydrogen-bond acceptors (Lipinski definition) is 7. The third-order valence-electron chi connectivity index (χ3n) is 7.61. The van der Waals surface area contributed by atoms with Crippen LogP contribution >= 0.6 is 0 Å². The van der Waals surface area contributed by atoms with Gasteiger partial charge in [0.05, 0.1) is 19.3 Å². The van der Waals surface area contributed by atoms with Crippen molar-refractivity contribution in [3.63, 3.8) is 0 Å². The van der Waals surface area contributed by atoms with E-state index in [1.807, 2.05) is 75.4 Å². The van der Waals surface area contributed by atoms with Gasteiger partial charge in [0.25, 0.3) is 0 Å². The Morgan fingerprint density at radius 3 is 2.45 bits per heavy atom.